The van der Waals surface area contributed by atoms with Crippen LogP contribution in [0.5, 0.6) is 5.75 Å². The van der Waals surface area contributed by atoms with Gasteiger partial charge in [0.1, 0.15) is 5.75 Å². The van der Waals surface area contributed by atoms with Gasteiger partial charge in [-0.15, -0.1) is 0 Å². The van der Waals surface area contributed by atoms with Crippen LogP contribution in [0.3, 0.4) is 0 Å². The fraction of sp³-hybridized carbons (Fsp3) is 0.0833. The van der Waals surface area contributed by atoms with Crippen LogP contribution in [0.25, 0.3) is 10.9 Å². The molecule has 0 unspecified atom stereocenters. The largest absolute Gasteiger partial charge is 0.497 e. The van der Waals surface area contributed by atoms with Gasteiger partial charge in [-0.25, -0.2) is 8.42 Å². The first-order valence-corrected chi connectivity index (χ1v) is 10.8. The van der Waals surface area contributed by atoms with Crippen LogP contribution in [-0.4, -0.2) is 26.3 Å². The zero-order valence-corrected chi connectivity index (χ0v) is 17.3. The number of ketones is 1. The van der Waals surface area contributed by atoms with Gasteiger partial charge >= 0.3 is 0 Å². The van der Waals surface area contributed by atoms with Crippen LogP contribution in [0.1, 0.15) is 21.5 Å². The summed E-state index contributed by atoms with van der Waals surface area (Å²) in [6, 6.07) is 20.0. The van der Waals surface area contributed by atoms with Crippen LogP contribution in [0, 0.1) is 6.92 Å². The average Bonchev–Trinajstić information content (AvgIpc) is 2.78. The maximum absolute atomic E-state index is 13.6. The number of aryl methyl sites for hydroxylation is 1. The summed E-state index contributed by atoms with van der Waals surface area (Å²) in [7, 11) is -2.49. The summed E-state index contributed by atoms with van der Waals surface area (Å²) < 4.78 is 32.4. The maximum atomic E-state index is 13.6. The smallest absolute Gasteiger partial charge is 0.208 e. The molecular formula is C24H19NO4S. The molecule has 0 N–H and O–H groups in total. The molecule has 0 radical (unpaired) electrons. The first kappa shape index (κ1) is 19.8. The van der Waals surface area contributed by atoms with Crippen molar-refractivity contribution < 1.29 is 17.9 Å². The van der Waals surface area contributed by atoms with Gasteiger partial charge in [-0.05, 0) is 37.3 Å². The maximum Gasteiger partial charge on any atom is 0.208 e. The quantitative estimate of drug-likeness (QED) is 0.443. The lowest BCUT2D eigenvalue weighted by molar-refractivity contribution is 0.103. The van der Waals surface area contributed by atoms with E-state index in [1.807, 2.05) is 19.1 Å². The van der Waals surface area contributed by atoms with Gasteiger partial charge in [0, 0.05) is 17.1 Å². The summed E-state index contributed by atoms with van der Waals surface area (Å²) in [5, 5.41) is 0.409. The molecular weight excluding hydrogens is 398 g/mol. The fourth-order valence-electron chi connectivity index (χ4n) is 3.30. The number of fused-ring (bicyclic) bond motifs is 1. The molecule has 0 aliphatic heterocycles. The molecule has 5 nitrogen and oxygen atoms in total. The lowest BCUT2D eigenvalue weighted by Crippen LogP contribution is -2.12. The molecule has 0 fully saturated rings. The number of carbonyl (C=O) groups excluding carboxylic acids is 1. The molecule has 3 aromatic carbocycles. The van der Waals surface area contributed by atoms with Crippen LogP contribution in [0.2, 0.25) is 0 Å². The highest BCUT2D eigenvalue weighted by Crippen LogP contribution is 2.32. The van der Waals surface area contributed by atoms with Crippen molar-refractivity contribution in [1.29, 1.82) is 0 Å². The Morgan fingerprint density at radius 3 is 2.23 bits per heavy atom. The van der Waals surface area contributed by atoms with Gasteiger partial charge < -0.3 is 4.74 Å². The van der Waals surface area contributed by atoms with Crippen molar-refractivity contribution in [3.63, 3.8) is 0 Å². The number of ether oxygens (including phenoxy) is 1. The minimum absolute atomic E-state index is 0.0381. The minimum atomic E-state index is -4.00. The Bertz CT molecular complexity index is 1340. The number of hydrogen-bond donors (Lipinski definition) is 0. The molecule has 4 rings (SSSR count). The van der Waals surface area contributed by atoms with E-state index < -0.39 is 9.84 Å². The van der Waals surface area contributed by atoms with Crippen molar-refractivity contribution >= 4 is 26.5 Å². The predicted molar refractivity (Wildman–Crippen MR) is 115 cm³/mol. The molecule has 0 saturated heterocycles. The normalized spacial score (nSPS) is 11.4. The van der Waals surface area contributed by atoms with Gasteiger partial charge in [-0.2, -0.15) is 0 Å². The molecule has 1 aromatic heterocycles. The van der Waals surface area contributed by atoms with Crippen LogP contribution >= 0.6 is 0 Å². The van der Waals surface area contributed by atoms with Gasteiger partial charge in [-0.1, -0.05) is 48.0 Å². The third-order valence-electron chi connectivity index (χ3n) is 4.92. The van der Waals surface area contributed by atoms with Gasteiger partial charge in [0.25, 0.3) is 0 Å². The van der Waals surface area contributed by atoms with Crippen LogP contribution in [0.15, 0.2) is 88.8 Å². The minimum Gasteiger partial charge on any atom is -0.497 e. The molecule has 0 bridgehead atoms. The van der Waals surface area contributed by atoms with E-state index in [9.17, 15) is 13.2 Å². The van der Waals surface area contributed by atoms with Crippen molar-refractivity contribution in [2.45, 2.75) is 16.7 Å². The van der Waals surface area contributed by atoms with E-state index in [0.29, 0.717) is 22.2 Å². The summed E-state index contributed by atoms with van der Waals surface area (Å²) in [5.74, 6) is 0.157. The van der Waals surface area contributed by atoms with Crippen molar-refractivity contribution in [2.75, 3.05) is 7.11 Å². The Balaban J connectivity index is 1.97. The summed E-state index contributed by atoms with van der Waals surface area (Å²) in [6.07, 6.45) is 1.35. The molecule has 0 atom stereocenters. The number of sulfone groups is 1. The number of benzene rings is 3. The van der Waals surface area contributed by atoms with Crippen LogP contribution in [-0.2, 0) is 9.84 Å². The van der Waals surface area contributed by atoms with Gasteiger partial charge in [0.05, 0.1) is 28.0 Å². The van der Waals surface area contributed by atoms with Gasteiger partial charge in [0.15, 0.2) is 5.78 Å². The molecule has 0 amide bonds. The van der Waals surface area contributed by atoms with Crippen LogP contribution < -0.4 is 4.74 Å². The number of nitrogens with zero attached hydrogens (tertiary/aromatic N) is 1. The zero-order valence-electron chi connectivity index (χ0n) is 16.5. The number of hydrogen-bond acceptors (Lipinski definition) is 5. The second-order valence-corrected chi connectivity index (χ2v) is 8.78. The molecule has 0 aliphatic rings. The van der Waals surface area contributed by atoms with Crippen molar-refractivity contribution in [3.8, 4) is 5.75 Å². The standard InChI is InChI=1S/C24H19NO4S/c1-16-7-9-17(10-8-16)23(26)21-15-25-22-6-4-3-5-20(22)24(21)30(27,28)19-13-11-18(29-2)12-14-19/h3-15H,1-2H3. The molecule has 150 valence electrons. The first-order valence-electron chi connectivity index (χ1n) is 9.30. The topological polar surface area (TPSA) is 73.3 Å². The second kappa shape index (κ2) is 7.72. The van der Waals surface area contributed by atoms with E-state index in [-0.39, 0.29) is 21.1 Å². The number of para-hydroxylation sites is 1. The fourth-order valence-corrected chi connectivity index (χ4v) is 4.93. The van der Waals surface area contributed by atoms with E-state index in [1.165, 1.54) is 25.4 Å². The highest BCUT2D eigenvalue weighted by atomic mass is 32.2. The third kappa shape index (κ3) is 3.46. The Labute approximate surface area is 174 Å². The Hall–Kier alpha value is -3.51. The second-order valence-electron chi connectivity index (χ2n) is 6.89. The molecule has 6 heteroatoms. The molecule has 1 heterocycles. The molecule has 0 saturated carbocycles. The summed E-state index contributed by atoms with van der Waals surface area (Å²) >= 11 is 0. The highest BCUT2D eigenvalue weighted by molar-refractivity contribution is 7.91. The van der Waals surface area contributed by atoms with Gasteiger partial charge in [-0.3, -0.25) is 9.78 Å². The highest BCUT2D eigenvalue weighted by Gasteiger charge is 2.28. The average molecular weight is 417 g/mol. The van der Waals surface area contributed by atoms with Crippen molar-refractivity contribution in [3.05, 3.63) is 95.7 Å². The number of methoxy groups -OCH3 is 1. The Morgan fingerprint density at radius 1 is 0.900 bits per heavy atom. The SMILES string of the molecule is COc1ccc(S(=O)(=O)c2c(C(=O)c3ccc(C)cc3)cnc3ccccc23)cc1. The van der Waals surface area contributed by atoms with Gasteiger partial charge in [0.2, 0.25) is 9.84 Å². The lowest BCUT2D eigenvalue weighted by Gasteiger charge is -2.13. The molecule has 0 spiro atoms. The lowest BCUT2D eigenvalue weighted by atomic mass is 10.0. The summed E-state index contributed by atoms with van der Waals surface area (Å²) in [6.45, 7) is 1.92. The van der Waals surface area contributed by atoms with E-state index in [2.05, 4.69) is 4.98 Å². The Kier molecular flexibility index (Phi) is 5.10. The van der Waals surface area contributed by atoms with E-state index in [0.717, 1.165) is 5.56 Å². The van der Waals surface area contributed by atoms with Crippen molar-refractivity contribution in [1.82, 2.24) is 4.98 Å². The monoisotopic (exact) mass is 417 g/mol. The molecule has 4 aromatic rings. The van der Waals surface area contributed by atoms with Crippen molar-refractivity contribution in [2.24, 2.45) is 0 Å². The number of rotatable bonds is 5. The van der Waals surface area contributed by atoms with E-state index >= 15 is 0 Å². The first-order chi connectivity index (χ1) is 14.4. The van der Waals surface area contributed by atoms with E-state index in [1.54, 1.807) is 48.5 Å². The Morgan fingerprint density at radius 2 is 1.57 bits per heavy atom. The zero-order chi connectivity index (χ0) is 21.3. The third-order valence-corrected chi connectivity index (χ3v) is 6.79. The predicted octanol–water partition coefficient (Wildman–Crippen LogP) is 4.62. The molecule has 0 aliphatic carbocycles. The van der Waals surface area contributed by atoms with E-state index in [4.69, 9.17) is 4.74 Å². The number of aromatic nitrogens is 1. The summed E-state index contributed by atoms with van der Waals surface area (Å²) in [5.41, 5.74) is 1.97. The number of pyridine rings is 1. The summed E-state index contributed by atoms with van der Waals surface area (Å²) in [4.78, 5) is 17.7. The van der Waals surface area contributed by atoms with Crippen LogP contribution in [0.4, 0.5) is 0 Å². The molecule has 30 heavy (non-hydrogen) atoms. The number of carbonyl (C=O) groups is 1.